The highest BCUT2D eigenvalue weighted by Gasteiger charge is 2.16. The zero-order valence-electron chi connectivity index (χ0n) is 15.3. The Morgan fingerprint density at radius 3 is 2.52 bits per heavy atom. The third-order valence-electron chi connectivity index (χ3n) is 3.54. The van der Waals surface area contributed by atoms with Gasteiger partial charge in [0.15, 0.2) is 5.96 Å². The molecule has 1 rings (SSSR count). The number of ether oxygens (including phenoxy) is 2. The number of hydrogen-bond donors (Lipinski definition) is 2. The van der Waals surface area contributed by atoms with Gasteiger partial charge in [0.25, 0.3) is 0 Å². The molecule has 0 atom stereocenters. The number of aliphatic imine (C=N–C) groups is 1. The number of benzene rings is 1. The molecule has 0 aliphatic carbocycles. The molecule has 0 saturated carbocycles. The van der Waals surface area contributed by atoms with Crippen LogP contribution in [0.5, 0.6) is 5.75 Å². The number of methoxy groups -OCH3 is 1. The van der Waals surface area contributed by atoms with Crippen LogP contribution in [0, 0.1) is 6.92 Å². The molecule has 1 aromatic carbocycles. The van der Waals surface area contributed by atoms with E-state index >= 15 is 0 Å². The molecule has 0 aliphatic heterocycles. The van der Waals surface area contributed by atoms with Crippen LogP contribution in [0.25, 0.3) is 0 Å². The first-order valence-electron chi connectivity index (χ1n) is 8.21. The van der Waals surface area contributed by atoms with Crippen molar-refractivity contribution in [2.75, 3.05) is 26.8 Å². The van der Waals surface area contributed by atoms with Gasteiger partial charge in [0.1, 0.15) is 5.75 Å². The highest BCUT2D eigenvalue weighted by Crippen LogP contribution is 2.19. The first-order valence-corrected chi connectivity index (χ1v) is 8.21. The zero-order valence-corrected chi connectivity index (χ0v) is 15.3. The van der Waals surface area contributed by atoms with Crippen molar-refractivity contribution in [3.63, 3.8) is 0 Å². The lowest BCUT2D eigenvalue weighted by Crippen LogP contribution is -2.45. The Balaban J connectivity index is 2.71. The van der Waals surface area contributed by atoms with Crippen LogP contribution in [-0.4, -0.2) is 38.4 Å². The molecule has 0 unspecified atom stereocenters. The van der Waals surface area contributed by atoms with Gasteiger partial charge in [-0.3, -0.25) is 0 Å². The van der Waals surface area contributed by atoms with Crippen LogP contribution >= 0.6 is 0 Å². The maximum atomic E-state index is 5.57. The van der Waals surface area contributed by atoms with Gasteiger partial charge in [-0.05, 0) is 51.8 Å². The van der Waals surface area contributed by atoms with Crippen molar-refractivity contribution in [3.05, 3.63) is 29.3 Å². The molecule has 0 spiro atoms. The normalized spacial score (nSPS) is 12.2. The highest BCUT2D eigenvalue weighted by molar-refractivity contribution is 5.79. The fourth-order valence-corrected chi connectivity index (χ4v) is 2.01. The third kappa shape index (κ3) is 6.91. The van der Waals surface area contributed by atoms with E-state index in [4.69, 9.17) is 9.47 Å². The lowest BCUT2D eigenvalue weighted by Gasteiger charge is -2.24. The number of aryl methyl sites for hydroxylation is 1. The Hall–Kier alpha value is -1.75. The van der Waals surface area contributed by atoms with Crippen LogP contribution in [0.2, 0.25) is 0 Å². The van der Waals surface area contributed by atoms with Gasteiger partial charge in [0.05, 0.1) is 18.8 Å². The van der Waals surface area contributed by atoms with Crippen LogP contribution in [0.3, 0.4) is 0 Å². The molecule has 0 aromatic heterocycles. The standard InChI is InChI=1S/C18H31N3O2/c1-7-19-17(21-13-18(4,5)22-6)20-12-15-9-10-16(23-8-2)14(3)11-15/h9-11H,7-8,12-13H2,1-6H3,(H2,19,20,21). The Kier molecular flexibility index (Phi) is 7.89. The summed E-state index contributed by atoms with van der Waals surface area (Å²) in [6.45, 7) is 13.0. The van der Waals surface area contributed by atoms with E-state index in [0.717, 1.165) is 29.4 Å². The predicted octanol–water partition coefficient (Wildman–Crippen LogP) is 2.87. The molecule has 0 heterocycles. The van der Waals surface area contributed by atoms with Crippen molar-refractivity contribution < 1.29 is 9.47 Å². The molecular weight excluding hydrogens is 290 g/mol. The Labute approximate surface area is 140 Å². The SMILES string of the molecule is CCNC(=NCc1ccc(OCC)c(C)c1)NCC(C)(C)OC. The molecule has 23 heavy (non-hydrogen) atoms. The van der Waals surface area contributed by atoms with E-state index in [-0.39, 0.29) is 5.60 Å². The quantitative estimate of drug-likeness (QED) is 0.571. The molecule has 0 saturated heterocycles. The van der Waals surface area contributed by atoms with Crippen LogP contribution in [-0.2, 0) is 11.3 Å². The average molecular weight is 321 g/mol. The Bertz CT molecular complexity index is 513. The van der Waals surface area contributed by atoms with Gasteiger partial charge in [-0.15, -0.1) is 0 Å². The van der Waals surface area contributed by atoms with Gasteiger partial charge in [-0.25, -0.2) is 4.99 Å². The molecule has 0 amide bonds. The topological polar surface area (TPSA) is 54.9 Å². The summed E-state index contributed by atoms with van der Waals surface area (Å²) in [5.74, 6) is 1.73. The molecule has 5 heteroatoms. The highest BCUT2D eigenvalue weighted by atomic mass is 16.5. The minimum atomic E-state index is -0.230. The van der Waals surface area contributed by atoms with Crippen LogP contribution in [0.4, 0.5) is 0 Å². The van der Waals surface area contributed by atoms with Gasteiger partial charge >= 0.3 is 0 Å². The van der Waals surface area contributed by atoms with Crippen LogP contribution < -0.4 is 15.4 Å². The van der Waals surface area contributed by atoms with Gasteiger partial charge in [-0.2, -0.15) is 0 Å². The summed E-state index contributed by atoms with van der Waals surface area (Å²) in [4.78, 5) is 4.64. The van der Waals surface area contributed by atoms with E-state index in [1.165, 1.54) is 0 Å². The molecule has 0 bridgehead atoms. The van der Waals surface area contributed by atoms with Crippen molar-refractivity contribution in [2.24, 2.45) is 4.99 Å². The van der Waals surface area contributed by atoms with E-state index < -0.39 is 0 Å². The molecule has 0 aliphatic rings. The summed E-state index contributed by atoms with van der Waals surface area (Å²) in [7, 11) is 1.72. The van der Waals surface area contributed by atoms with E-state index in [1.54, 1.807) is 7.11 Å². The Morgan fingerprint density at radius 1 is 1.22 bits per heavy atom. The average Bonchev–Trinajstić information content (AvgIpc) is 2.52. The minimum absolute atomic E-state index is 0.230. The number of hydrogen-bond acceptors (Lipinski definition) is 3. The van der Waals surface area contributed by atoms with E-state index in [1.807, 2.05) is 26.8 Å². The second-order valence-corrected chi connectivity index (χ2v) is 6.05. The molecule has 1 aromatic rings. The summed E-state index contributed by atoms with van der Waals surface area (Å²) in [6.07, 6.45) is 0. The second-order valence-electron chi connectivity index (χ2n) is 6.05. The number of nitrogens with one attached hydrogen (secondary N) is 2. The van der Waals surface area contributed by atoms with Crippen molar-refractivity contribution in [3.8, 4) is 5.75 Å². The molecule has 2 N–H and O–H groups in total. The Morgan fingerprint density at radius 2 is 1.96 bits per heavy atom. The van der Waals surface area contributed by atoms with Crippen LogP contribution in [0.15, 0.2) is 23.2 Å². The largest absolute Gasteiger partial charge is 0.494 e. The van der Waals surface area contributed by atoms with Gasteiger partial charge < -0.3 is 20.1 Å². The van der Waals surface area contributed by atoms with E-state index in [2.05, 4.69) is 41.6 Å². The maximum Gasteiger partial charge on any atom is 0.191 e. The summed E-state index contributed by atoms with van der Waals surface area (Å²) >= 11 is 0. The minimum Gasteiger partial charge on any atom is -0.494 e. The van der Waals surface area contributed by atoms with Crippen LogP contribution in [0.1, 0.15) is 38.8 Å². The number of nitrogens with zero attached hydrogens (tertiary/aromatic N) is 1. The lowest BCUT2D eigenvalue weighted by atomic mass is 10.1. The van der Waals surface area contributed by atoms with Gasteiger partial charge in [-0.1, -0.05) is 12.1 Å². The monoisotopic (exact) mass is 321 g/mol. The van der Waals surface area contributed by atoms with Crippen molar-refractivity contribution in [1.82, 2.24) is 10.6 Å². The van der Waals surface area contributed by atoms with Crippen molar-refractivity contribution in [1.29, 1.82) is 0 Å². The fourth-order valence-electron chi connectivity index (χ4n) is 2.01. The molecule has 130 valence electrons. The zero-order chi connectivity index (χ0) is 17.3. The van der Waals surface area contributed by atoms with Gasteiger partial charge in [0, 0.05) is 20.2 Å². The second kappa shape index (κ2) is 9.40. The van der Waals surface area contributed by atoms with Gasteiger partial charge in [0.2, 0.25) is 0 Å². The number of guanidine groups is 1. The molecule has 5 nitrogen and oxygen atoms in total. The molecular formula is C18H31N3O2. The van der Waals surface area contributed by atoms with E-state index in [0.29, 0.717) is 19.7 Å². The van der Waals surface area contributed by atoms with Crippen molar-refractivity contribution in [2.45, 2.75) is 46.8 Å². The van der Waals surface area contributed by atoms with E-state index in [9.17, 15) is 0 Å². The summed E-state index contributed by atoms with van der Waals surface area (Å²) in [5, 5.41) is 6.57. The molecule has 0 fully saturated rings. The smallest absolute Gasteiger partial charge is 0.191 e. The first kappa shape index (κ1) is 19.3. The third-order valence-corrected chi connectivity index (χ3v) is 3.54. The predicted molar refractivity (Wildman–Crippen MR) is 96.3 cm³/mol. The number of rotatable bonds is 8. The fraction of sp³-hybridized carbons (Fsp3) is 0.611. The summed E-state index contributed by atoms with van der Waals surface area (Å²) in [5.41, 5.74) is 2.07. The summed E-state index contributed by atoms with van der Waals surface area (Å²) < 4.78 is 11.0. The lowest BCUT2D eigenvalue weighted by molar-refractivity contribution is 0.0268. The first-order chi connectivity index (χ1) is 10.9. The summed E-state index contributed by atoms with van der Waals surface area (Å²) in [6, 6.07) is 6.19. The maximum absolute atomic E-state index is 5.57. The van der Waals surface area contributed by atoms with Crippen molar-refractivity contribution >= 4 is 5.96 Å². The molecule has 0 radical (unpaired) electrons.